The zero-order valence-electron chi connectivity index (χ0n) is 13.4. The number of nitrogens with two attached hydrogens (primary N) is 1. The van der Waals surface area contributed by atoms with Gasteiger partial charge in [-0.3, -0.25) is 0 Å². The molecule has 0 bridgehead atoms. The molecule has 2 heterocycles. The Morgan fingerprint density at radius 2 is 1.88 bits per heavy atom. The molecule has 5 nitrogen and oxygen atoms in total. The van der Waals surface area contributed by atoms with E-state index in [2.05, 4.69) is 34.3 Å². The normalized spacial score (nSPS) is 16.6. The SMILES string of the molecule is Nc1nc2n(n1)CCCC2c1ccc(OCc2ccccc2)cc1. The first-order chi connectivity index (χ1) is 11.8. The van der Waals surface area contributed by atoms with Gasteiger partial charge in [-0.25, -0.2) is 4.68 Å². The second-order valence-electron chi connectivity index (χ2n) is 6.09. The monoisotopic (exact) mass is 320 g/mol. The van der Waals surface area contributed by atoms with Crippen LogP contribution in [0, 0.1) is 0 Å². The Balaban J connectivity index is 1.48. The second-order valence-corrected chi connectivity index (χ2v) is 6.09. The predicted molar refractivity (Wildman–Crippen MR) is 92.7 cm³/mol. The number of fused-ring (bicyclic) bond motifs is 1. The van der Waals surface area contributed by atoms with E-state index in [4.69, 9.17) is 10.5 Å². The Kier molecular flexibility index (Phi) is 3.91. The summed E-state index contributed by atoms with van der Waals surface area (Å²) >= 11 is 0. The average molecular weight is 320 g/mol. The van der Waals surface area contributed by atoms with E-state index in [1.54, 1.807) is 0 Å². The Labute approximate surface area is 141 Å². The minimum absolute atomic E-state index is 0.256. The van der Waals surface area contributed by atoms with E-state index in [1.165, 1.54) is 5.56 Å². The molecule has 2 aromatic carbocycles. The molecule has 0 aliphatic carbocycles. The lowest BCUT2D eigenvalue weighted by molar-refractivity contribution is 0.306. The maximum absolute atomic E-state index is 5.85. The van der Waals surface area contributed by atoms with Crippen LogP contribution >= 0.6 is 0 Å². The molecule has 4 rings (SSSR count). The van der Waals surface area contributed by atoms with Crippen molar-refractivity contribution in [1.29, 1.82) is 0 Å². The van der Waals surface area contributed by atoms with E-state index in [0.717, 1.165) is 36.5 Å². The Hall–Kier alpha value is -2.82. The Bertz CT molecular complexity index is 811. The van der Waals surface area contributed by atoms with E-state index in [1.807, 2.05) is 35.0 Å². The van der Waals surface area contributed by atoms with Gasteiger partial charge in [0, 0.05) is 12.5 Å². The molecule has 122 valence electrons. The Morgan fingerprint density at radius 3 is 2.67 bits per heavy atom. The maximum atomic E-state index is 5.85. The van der Waals surface area contributed by atoms with E-state index in [-0.39, 0.29) is 5.92 Å². The summed E-state index contributed by atoms with van der Waals surface area (Å²) in [6, 6.07) is 18.5. The van der Waals surface area contributed by atoms with Crippen molar-refractivity contribution in [2.75, 3.05) is 5.73 Å². The van der Waals surface area contributed by atoms with Crippen LogP contribution in [0.15, 0.2) is 54.6 Å². The van der Waals surface area contributed by atoms with Crippen molar-refractivity contribution in [2.45, 2.75) is 31.9 Å². The van der Waals surface area contributed by atoms with Crippen LogP contribution in [0.2, 0.25) is 0 Å². The van der Waals surface area contributed by atoms with Crippen molar-refractivity contribution in [1.82, 2.24) is 14.8 Å². The molecule has 0 spiro atoms. The van der Waals surface area contributed by atoms with Crippen LogP contribution < -0.4 is 10.5 Å². The molecule has 24 heavy (non-hydrogen) atoms. The van der Waals surface area contributed by atoms with Gasteiger partial charge < -0.3 is 10.5 Å². The molecule has 2 N–H and O–H groups in total. The topological polar surface area (TPSA) is 66.0 Å². The summed E-state index contributed by atoms with van der Waals surface area (Å²) in [6.45, 7) is 1.47. The molecule has 1 unspecified atom stereocenters. The standard InChI is InChI=1S/C19H20N4O/c20-19-21-18-17(7-4-12-23(18)22-19)15-8-10-16(11-9-15)24-13-14-5-2-1-3-6-14/h1-3,5-6,8-11,17H,4,7,12-13H2,(H2,20,22). The number of anilines is 1. The fraction of sp³-hybridized carbons (Fsp3) is 0.263. The fourth-order valence-electron chi connectivity index (χ4n) is 3.22. The van der Waals surface area contributed by atoms with Crippen molar-refractivity contribution in [3.8, 4) is 5.75 Å². The third kappa shape index (κ3) is 2.97. The molecule has 1 aliphatic rings. The molecule has 0 radical (unpaired) electrons. The quantitative estimate of drug-likeness (QED) is 0.800. The third-order valence-electron chi connectivity index (χ3n) is 4.42. The Morgan fingerprint density at radius 1 is 1.08 bits per heavy atom. The van der Waals surface area contributed by atoms with E-state index in [9.17, 15) is 0 Å². The fourth-order valence-corrected chi connectivity index (χ4v) is 3.22. The molecule has 0 fully saturated rings. The van der Waals surface area contributed by atoms with Crippen molar-refractivity contribution in [3.05, 3.63) is 71.5 Å². The molecular weight excluding hydrogens is 300 g/mol. The third-order valence-corrected chi connectivity index (χ3v) is 4.42. The van der Waals surface area contributed by atoms with Crippen LogP contribution in [0.3, 0.4) is 0 Å². The molecule has 0 saturated carbocycles. The van der Waals surface area contributed by atoms with Gasteiger partial charge in [0.15, 0.2) is 0 Å². The number of aryl methyl sites for hydroxylation is 1. The van der Waals surface area contributed by atoms with Crippen LogP contribution in [0.4, 0.5) is 5.95 Å². The van der Waals surface area contributed by atoms with Crippen molar-refractivity contribution in [3.63, 3.8) is 0 Å². The van der Waals surface area contributed by atoms with Gasteiger partial charge >= 0.3 is 0 Å². The number of nitrogens with zero attached hydrogens (tertiary/aromatic N) is 3. The van der Waals surface area contributed by atoms with Gasteiger partial charge in [0.1, 0.15) is 18.2 Å². The largest absolute Gasteiger partial charge is 0.489 e. The zero-order chi connectivity index (χ0) is 16.4. The lowest BCUT2D eigenvalue weighted by Gasteiger charge is -2.22. The molecule has 1 aromatic heterocycles. The summed E-state index contributed by atoms with van der Waals surface area (Å²) in [5.74, 6) is 2.46. The van der Waals surface area contributed by atoms with Crippen LogP contribution in [0.5, 0.6) is 5.75 Å². The van der Waals surface area contributed by atoms with E-state index in [0.29, 0.717) is 12.6 Å². The summed E-state index contributed by atoms with van der Waals surface area (Å²) in [6.07, 6.45) is 2.16. The smallest absolute Gasteiger partial charge is 0.239 e. The number of hydrogen-bond donors (Lipinski definition) is 1. The van der Waals surface area contributed by atoms with Gasteiger partial charge in [-0.1, -0.05) is 42.5 Å². The minimum Gasteiger partial charge on any atom is -0.489 e. The highest BCUT2D eigenvalue weighted by molar-refractivity contribution is 5.34. The van der Waals surface area contributed by atoms with Crippen LogP contribution in [0.25, 0.3) is 0 Å². The molecule has 0 amide bonds. The van der Waals surface area contributed by atoms with Gasteiger partial charge in [0.05, 0.1) is 0 Å². The number of benzene rings is 2. The summed E-state index contributed by atoms with van der Waals surface area (Å²) in [5, 5.41) is 4.27. The molecule has 0 saturated heterocycles. The summed E-state index contributed by atoms with van der Waals surface area (Å²) in [7, 11) is 0. The van der Waals surface area contributed by atoms with Gasteiger partial charge in [-0.05, 0) is 36.1 Å². The summed E-state index contributed by atoms with van der Waals surface area (Å²) in [4.78, 5) is 4.41. The molecular formula is C19H20N4O. The van der Waals surface area contributed by atoms with Crippen LogP contribution in [-0.4, -0.2) is 14.8 Å². The maximum Gasteiger partial charge on any atom is 0.239 e. The highest BCUT2D eigenvalue weighted by Gasteiger charge is 2.25. The van der Waals surface area contributed by atoms with Crippen molar-refractivity contribution >= 4 is 5.95 Å². The molecule has 5 heteroatoms. The molecule has 1 aliphatic heterocycles. The minimum atomic E-state index is 0.256. The van der Waals surface area contributed by atoms with Crippen molar-refractivity contribution < 1.29 is 4.74 Å². The van der Waals surface area contributed by atoms with E-state index < -0.39 is 0 Å². The van der Waals surface area contributed by atoms with Gasteiger partial charge in [-0.15, -0.1) is 5.10 Å². The molecule has 3 aromatic rings. The zero-order valence-corrected chi connectivity index (χ0v) is 13.4. The highest BCUT2D eigenvalue weighted by atomic mass is 16.5. The molecule has 1 atom stereocenters. The van der Waals surface area contributed by atoms with E-state index >= 15 is 0 Å². The van der Waals surface area contributed by atoms with Crippen LogP contribution in [0.1, 0.15) is 35.7 Å². The number of nitrogen functional groups attached to an aromatic ring is 1. The lowest BCUT2D eigenvalue weighted by atomic mass is 9.91. The van der Waals surface area contributed by atoms with Gasteiger partial charge in [0.25, 0.3) is 0 Å². The van der Waals surface area contributed by atoms with Gasteiger partial charge in [-0.2, -0.15) is 4.98 Å². The average Bonchev–Trinajstić information content (AvgIpc) is 3.01. The number of rotatable bonds is 4. The highest BCUT2D eigenvalue weighted by Crippen LogP contribution is 2.33. The van der Waals surface area contributed by atoms with Gasteiger partial charge in [0.2, 0.25) is 5.95 Å². The lowest BCUT2D eigenvalue weighted by Crippen LogP contribution is -2.17. The first-order valence-corrected chi connectivity index (χ1v) is 8.26. The summed E-state index contributed by atoms with van der Waals surface area (Å²) in [5.41, 5.74) is 8.15. The number of ether oxygens (including phenoxy) is 1. The number of aromatic nitrogens is 3. The number of hydrogen-bond acceptors (Lipinski definition) is 4. The summed E-state index contributed by atoms with van der Waals surface area (Å²) < 4.78 is 7.79. The predicted octanol–water partition coefficient (Wildman–Crippen LogP) is 3.37. The van der Waals surface area contributed by atoms with Crippen molar-refractivity contribution in [2.24, 2.45) is 0 Å². The second kappa shape index (κ2) is 6.35. The first-order valence-electron chi connectivity index (χ1n) is 8.26. The first kappa shape index (κ1) is 14.8. The van der Waals surface area contributed by atoms with Crippen LogP contribution in [-0.2, 0) is 13.2 Å².